The number of esters is 1. The Morgan fingerprint density at radius 3 is 2.64 bits per heavy atom. The highest BCUT2D eigenvalue weighted by Crippen LogP contribution is 2.67. The van der Waals surface area contributed by atoms with Crippen LogP contribution in [0, 0.1) is 28.6 Å². The summed E-state index contributed by atoms with van der Waals surface area (Å²) >= 11 is 0. The van der Waals surface area contributed by atoms with Gasteiger partial charge in [0.05, 0.1) is 36.9 Å². The molecule has 4 aliphatic rings. The lowest BCUT2D eigenvalue weighted by molar-refractivity contribution is -0.167. The molecule has 4 aliphatic carbocycles. The predicted molar refractivity (Wildman–Crippen MR) is 141 cm³/mol. The molecule has 0 aliphatic heterocycles. The number of rotatable bonds is 11. The van der Waals surface area contributed by atoms with Gasteiger partial charge in [-0.3, -0.25) is 14.4 Å². The third-order valence-electron chi connectivity index (χ3n) is 10.5. The second-order valence-corrected chi connectivity index (χ2v) is 12.8. The van der Waals surface area contributed by atoms with E-state index in [0.717, 1.165) is 24.8 Å². The van der Waals surface area contributed by atoms with E-state index in [4.69, 9.17) is 9.84 Å². The van der Waals surface area contributed by atoms with Crippen LogP contribution in [0.1, 0.15) is 84.5 Å². The van der Waals surface area contributed by atoms with Crippen LogP contribution in [0.4, 0.5) is 0 Å². The molecule has 218 valence electrons. The Bertz CT molecular complexity index is 1020. The molecule has 5 N–H and O–H groups in total. The summed E-state index contributed by atoms with van der Waals surface area (Å²) < 4.78 is 5.21. The van der Waals surface area contributed by atoms with E-state index < -0.39 is 47.7 Å². The highest BCUT2D eigenvalue weighted by molar-refractivity contribution is 6.01. The number of fused-ring (bicyclic) bond motifs is 5. The van der Waals surface area contributed by atoms with Gasteiger partial charge in [0.15, 0.2) is 5.78 Å². The maximum absolute atomic E-state index is 12.3. The third kappa shape index (κ3) is 5.87. The summed E-state index contributed by atoms with van der Waals surface area (Å²) in [4.78, 5) is 34.9. The molecule has 3 fully saturated rings. The molecule has 9 nitrogen and oxygen atoms in total. The molecule has 0 radical (unpaired) electrons. The number of ketones is 1. The Kier molecular flexibility index (Phi) is 8.76. The Morgan fingerprint density at radius 1 is 1.18 bits per heavy atom. The van der Waals surface area contributed by atoms with E-state index in [9.17, 15) is 34.8 Å². The first kappa shape index (κ1) is 29.9. The van der Waals surface area contributed by atoms with Gasteiger partial charge in [-0.2, -0.15) is 0 Å². The van der Waals surface area contributed by atoms with Crippen molar-refractivity contribution in [2.45, 2.75) is 108 Å². The van der Waals surface area contributed by atoms with Crippen LogP contribution >= 0.6 is 0 Å². The molecular weight excluding hydrogens is 504 g/mol. The molecule has 0 spiro atoms. The number of carbonyl (C=O) groups is 3. The Balaban J connectivity index is 1.29. The van der Waals surface area contributed by atoms with E-state index in [0.29, 0.717) is 25.7 Å². The van der Waals surface area contributed by atoms with Gasteiger partial charge >= 0.3 is 11.9 Å². The predicted octanol–water partition coefficient (Wildman–Crippen LogP) is 2.69. The Hall–Kier alpha value is -2.07. The SMILES string of the molecule is C[C@]12C=CC(=O)C=C1CCC1C2[C@@H](O)C[C@@]2(C)C1CC[C@]2(O)CCCC(=O)OCC[C@H](O)C[C@H](O)CC(=O)O. The van der Waals surface area contributed by atoms with Crippen LogP contribution < -0.4 is 0 Å². The van der Waals surface area contributed by atoms with Crippen molar-refractivity contribution in [3.05, 3.63) is 23.8 Å². The number of hydrogen-bond acceptors (Lipinski definition) is 8. The van der Waals surface area contributed by atoms with Crippen molar-refractivity contribution in [2.24, 2.45) is 28.6 Å². The number of aliphatic carboxylic acids is 1. The molecule has 0 saturated heterocycles. The minimum Gasteiger partial charge on any atom is -0.481 e. The largest absolute Gasteiger partial charge is 0.481 e. The number of aliphatic hydroxyl groups is 4. The van der Waals surface area contributed by atoms with Gasteiger partial charge in [0.1, 0.15) is 0 Å². The Labute approximate surface area is 229 Å². The van der Waals surface area contributed by atoms with E-state index in [1.807, 2.05) is 6.08 Å². The van der Waals surface area contributed by atoms with Crippen LogP contribution in [0.2, 0.25) is 0 Å². The van der Waals surface area contributed by atoms with Gasteiger partial charge < -0.3 is 30.3 Å². The average molecular weight is 549 g/mol. The van der Waals surface area contributed by atoms with Gasteiger partial charge in [-0.05, 0) is 75.4 Å². The summed E-state index contributed by atoms with van der Waals surface area (Å²) in [5.74, 6) is -1.05. The summed E-state index contributed by atoms with van der Waals surface area (Å²) in [5, 5.41) is 51.5. The molecule has 0 bridgehead atoms. The monoisotopic (exact) mass is 548 g/mol. The topological polar surface area (TPSA) is 162 Å². The molecule has 0 heterocycles. The fourth-order valence-electron chi connectivity index (χ4n) is 8.45. The average Bonchev–Trinajstić information content (AvgIpc) is 3.08. The summed E-state index contributed by atoms with van der Waals surface area (Å²) in [7, 11) is 0. The number of aliphatic hydroxyl groups excluding tert-OH is 3. The number of allylic oxidation sites excluding steroid dienone is 4. The fourth-order valence-corrected chi connectivity index (χ4v) is 8.45. The zero-order valence-electron chi connectivity index (χ0n) is 23.1. The van der Waals surface area contributed by atoms with Crippen molar-refractivity contribution in [3.63, 3.8) is 0 Å². The molecule has 9 atom stereocenters. The van der Waals surface area contributed by atoms with E-state index in [2.05, 4.69) is 13.8 Å². The lowest BCUT2D eigenvalue weighted by atomic mass is 9.46. The van der Waals surface area contributed by atoms with Crippen LogP contribution in [-0.2, 0) is 19.1 Å². The number of carboxylic acids is 1. The molecule has 0 amide bonds. The molecule has 4 rings (SSSR count). The van der Waals surface area contributed by atoms with Gasteiger partial charge in [0.2, 0.25) is 0 Å². The zero-order chi connectivity index (χ0) is 28.6. The molecule has 9 heteroatoms. The molecule has 0 aromatic carbocycles. The van der Waals surface area contributed by atoms with Crippen LogP contribution in [0.25, 0.3) is 0 Å². The second-order valence-electron chi connectivity index (χ2n) is 12.8. The van der Waals surface area contributed by atoms with E-state index in [1.54, 1.807) is 12.2 Å². The number of ether oxygens (including phenoxy) is 1. The highest BCUT2D eigenvalue weighted by atomic mass is 16.5. The second kappa shape index (κ2) is 11.4. The number of carboxylic acid groups (broad SMARTS) is 1. The van der Waals surface area contributed by atoms with Crippen molar-refractivity contribution >= 4 is 17.7 Å². The van der Waals surface area contributed by atoms with Crippen molar-refractivity contribution in [1.82, 2.24) is 0 Å². The van der Waals surface area contributed by atoms with E-state index >= 15 is 0 Å². The molecule has 0 aromatic rings. The van der Waals surface area contributed by atoms with Gasteiger partial charge in [-0.25, -0.2) is 0 Å². The smallest absolute Gasteiger partial charge is 0.305 e. The Morgan fingerprint density at radius 2 is 1.92 bits per heavy atom. The van der Waals surface area contributed by atoms with Gasteiger partial charge in [0.25, 0.3) is 0 Å². The molecule has 3 saturated carbocycles. The maximum Gasteiger partial charge on any atom is 0.305 e. The highest BCUT2D eigenvalue weighted by Gasteiger charge is 2.65. The number of carbonyl (C=O) groups excluding carboxylic acids is 2. The first-order chi connectivity index (χ1) is 18.3. The molecule has 39 heavy (non-hydrogen) atoms. The zero-order valence-corrected chi connectivity index (χ0v) is 23.1. The number of hydrogen-bond donors (Lipinski definition) is 5. The quantitative estimate of drug-likeness (QED) is 0.244. The van der Waals surface area contributed by atoms with E-state index in [1.165, 1.54) is 0 Å². The first-order valence-electron chi connectivity index (χ1n) is 14.4. The fraction of sp³-hybridized carbons (Fsp3) is 0.767. The molecule has 0 aromatic heterocycles. The van der Waals surface area contributed by atoms with Crippen LogP contribution in [0.15, 0.2) is 23.8 Å². The normalized spacial score (nSPS) is 38.7. The maximum atomic E-state index is 12.3. The summed E-state index contributed by atoms with van der Waals surface area (Å²) in [6, 6.07) is 0. The van der Waals surface area contributed by atoms with Crippen LogP contribution in [-0.4, -0.2) is 73.8 Å². The van der Waals surface area contributed by atoms with Crippen molar-refractivity contribution in [1.29, 1.82) is 0 Å². The van der Waals surface area contributed by atoms with Crippen molar-refractivity contribution in [2.75, 3.05) is 6.61 Å². The first-order valence-corrected chi connectivity index (χ1v) is 14.4. The van der Waals surface area contributed by atoms with E-state index in [-0.39, 0.29) is 54.8 Å². The minimum atomic E-state index is -1.16. The third-order valence-corrected chi connectivity index (χ3v) is 10.5. The summed E-state index contributed by atoms with van der Waals surface area (Å²) in [6.45, 7) is 4.19. The van der Waals surface area contributed by atoms with Gasteiger partial charge in [0, 0.05) is 29.6 Å². The van der Waals surface area contributed by atoms with Crippen LogP contribution in [0.5, 0.6) is 0 Å². The summed E-state index contributed by atoms with van der Waals surface area (Å²) in [5.41, 5.74) is -0.696. The van der Waals surface area contributed by atoms with Crippen molar-refractivity contribution < 1.29 is 44.7 Å². The molecule has 3 unspecified atom stereocenters. The van der Waals surface area contributed by atoms with Gasteiger partial charge in [-0.15, -0.1) is 0 Å². The minimum absolute atomic E-state index is 0.00977. The van der Waals surface area contributed by atoms with Crippen molar-refractivity contribution in [3.8, 4) is 0 Å². The van der Waals surface area contributed by atoms with Gasteiger partial charge in [-0.1, -0.05) is 25.5 Å². The standard InChI is InChI=1S/C30H44O9/c1-28-11-7-19(31)14-18(28)5-6-22-23-8-12-30(38,29(23,2)17-24(34)27(22)28)10-3-4-26(37)39-13-9-20(32)15-21(33)16-25(35)36/h7,11,14,20-24,27,32-34,38H,3-6,8-10,12-13,15-17H2,1-2H3,(H,35,36)/t20-,21-,22?,23?,24-,27?,28-,29-,30+/m0/s1. The molecular formula is C30H44O9. The van der Waals surface area contributed by atoms with Crippen LogP contribution in [0.3, 0.4) is 0 Å². The summed E-state index contributed by atoms with van der Waals surface area (Å²) in [6.07, 6.45) is 6.87. The lowest BCUT2D eigenvalue weighted by Crippen LogP contribution is -2.59. The lowest BCUT2D eigenvalue weighted by Gasteiger charge is -2.60.